The van der Waals surface area contributed by atoms with E-state index in [0.29, 0.717) is 35.9 Å². The van der Waals surface area contributed by atoms with E-state index >= 15 is 0 Å². The number of hydrogen-bond donors (Lipinski definition) is 1. The van der Waals surface area contributed by atoms with Gasteiger partial charge in [0.05, 0.1) is 25.1 Å². The molecule has 7 nitrogen and oxygen atoms in total. The van der Waals surface area contributed by atoms with Crippen LogP contribution in [0.5, 0.6) is 0 Å². The van der Waals surface area contributed by atoms with Gasteiger partial charge in [0, 0.05) is 12.7 Å². The monoisotopic (exact) mass is 372 g/mol. The molecule has 2 aromatic rings. The van der Waals surface area contributed by atoms with Gasteiger partial charge in [-0.2, -0.15) is 0 Å². The fourth-order valence-electron chi connectivity index (χ4n) is 2.56. The van der Waals surface area contributed by atoms with Gasteiger partial charge in [0.2, 0.25) is 5.11 Å². The average molecular weight is 372 g/mol. The number of rotatable bonds is 7. The Kier molecular flexibility index (Phi) is 5.24. The summed E-state index contributed by atoms with van der Waals surface area (Å²) in [6, 6.07) is 9.92. The summed E-state index contributed by atoms with van der Waals surface area (Å²) in [5.41, 5.74) is 1.13. The Morgan fingerprint density at radius 2 is 2.15 bits per heavy atom. The van der Waals surface area contributed by atoms with E-state index in [9.17, 15) is 9.59 Å². The van der Waals surface area contributed by atoms with Crippen molar-refractivity contribution >= 4 is 34.9 Å². The zero-order chi connectivity index (χ0) is 18.7. The van der Waals surface area contributed by atoms with Crippen LogP contribution in [0.15, 0.2) is 45.8 Å². The topological polar surface area (TPSA) is 92.3 Å². The first-order valence-electron chi connectivity index (χ1n) is 7.84. The van der Waals surface area contributed by atoms with Gasteiger partial charge in [-0.25, -0.2) is 9.79 Å². The van der Waals surface area contributed by atoms with Crippen molar-refractivity contribution in [2.45, 2.75) is 6.42 Å². The standard InChI is InChI=1S/C18H16N2O5S/c1-24-8-7-20-16(21)14(19-18(20)26)10-13-5-6-15(25-13)11-3-2-4-12(9-11)17(22)23/h2-6,9H,7-8,10H2,1H3,(H,22,23). The van der Waals surface area contributed by atoms with E-state index in [2.05, 4.69) is 4.99 Å². The number of ether oxygens (including phenoxy) is 1. The Hall–Kier alpha value is -2.84. The van der Waals surface area contributed by atoms with Crippen LogP contribution in [0.25, 0.3) is 11.3 Å². The fraction of sp³-hybridized carbons (Fsp3) is 0.222. The predicted octanol–water partition coefficient (Wildman–Crippen LogP) is 2.40. The predicted molar refractivity (Wildman–Crippen MR) is 98.4 cm³/mol. The molecule has 0 radical (unpaired) electrons. The molecule has 0 unspecified atom stereocenters. The molecular formula is C18H16N2O5S. The molecule has 1 aromatic heterocycles. The van der Waals surface area contributed by atoms with Gasteiger partial charge in [-0.05, 0) is 36.5 Å². The molecule has 0 spiro atoms. The minimum absolute atomic E-state index is 0.176. The number of amides is 1. The van der Waals surface area contributed by atoms with Crippen molar-refractivity contribution in [1.29, 1.82) is 0 Å². The Labute approximate surface area is 154 Å². The van der Waals surface area contributed by atoms with E-state index < -0.39 is 5.97 Å². The van der Waals surface area contributed by atoms with Gasteiger partial charge in [-0.15, -0.1) is 0 Å². The average Bonchev–Trinajstić information content (AvgIpc) is 3.19. The maximum atomic E-state index is 12.4. The van der Waals surface area contributed by atoms with E-state index in [1.807, 2.05) is 0 Å². The minimum atomic E-state index is -1.01. The Morgan fingerprint density at radius 1 is 1.35 bits per heavy atom. The Balaban J connectivity index is 1.74. The number of aliphatic imine (C=N–C) groups is 1. The molecule has 1 aliphatic rings. The van der Waals surface area contributed by atoms with Gasteiger partial charge in [0.15, 0.2) is 0 Å². The van der Waals surface area contributed by atoms with Crippen molar-refractivity contribution in [2.24, 2.45) is 4.99 Å². The SMILES string of the molecule is COCCN1C(=O)C(Cc2ccc(-c3cccc(C(=O)O)c3)o2)=NC1=S. The van der Waals surface area contributed by atoms with Crippen LogP contribution < -0.4 is 0 Å². The quantitative estimate of drug-likeness (QED) is 0.751. The van der Waals surface area contributed by atoms with Crippen molar-refractivity contribution in [1.82, 2.24) is 4.90 Å². The van der Waals surface area contributed by atoms with Gasteiger partial charge >= 0.3 is 5.97 Å². The summed E-state index contributed by atoms with van der Waals surface area (Å²) in [6.07, 6.45) is 0.209. The Bertz CT molecular complexity index is 902. The van der Waals surface area contributed by atoms with Crippen LogP contribution in [0.2, 0.25) is 0 Å². The molecule has 0 bridgehead atoms. The molecule has 1 amide bonds. The highest BCUT2D eigenvalue weighted by atomic mass is 32.1. The lowest BCUT2D eigenvalue weighted by Gasteiger charge is -2.13. The number of carbonyl (C=O) groups is 2. The molecule has 0 fully saturated rings. The summed E-state index contributed by atoms with van der Waals surface area (Å²) < 4.78 is 10.7. The lowest BCUT2D eigenvalue weighted by molar-refractivity contribution is -0.120. The van der Waals surface area contributed by atoms with Crippen LogP contribution in [0, 0.1) is 0 Å². The largest absolute Gasteiger partial charge is 0.478 e. The number of furan rings is 1. The highest BCUT2D eigenvalue weighted by Crippen LogP contribution is 2.24. The van der Waals surface area contributed by atoms with Gasteiger partial charge in [-0.1, -0.05) is 12.1 Å². The summed E-state index contributed by atoms with van der Waals surface area (Å²) in [7, 11) is 1.55. The van der Waals surface area contributed by atoms with Gasteiger partial charge in [-0.3, -0.25) is 9.69 Å². The second kappa shape index (κ2) is 7.59. The van der Waals surface area contributed by atoms with E-state index in [1.165, 1.54) is 17.0 Å². The first-order valence-corrected chi connectivity index (χ1v) is 8.25. The molecular weight excluding hydrogens is 356 g/mol. The highest BCUT2D eigenvalue weighted by molar-refractivity contribution is 7.80. The molecule has 0 saturated heterocycles. The molecule has 1 aliphatic heterocycles. The summed E-state index contributed by atoms with van der Waals surface area (Å²) in [6.45, 7) is 0.728. The highest BCUT2D eigenvalue weighted by Gasteiger charge is 2.30. The van der Waals surface area contributed by atoms with Crippen LogP contribution in [0.1, 0.15) is 16.1 Å². The number of carboxylic acids is 1. The zero-order valence-corrected chi connectivity index (χ0v) is 14.8. The number of carboxylic acid groups (broad SMARTS) is 1. The summed E-state index contributed by atoms with van der Waals surface area (Å²) in [5, 5.41) is 9.31. The molecule has 1 aromatic carbocycles. The van der Waals surface area contributed by atoms with Crippen molar-refractivity contribution < 1.29 is 23.8 Å². The summed E-state index contributed by atoms with van der Waals surface area (Å²) in [4.78, 5) is 29.0. The maximum absolute atomic E-state index is 12.4. The van der Waals surface area contributed by atoms with Crippen molar-refractivity contribution in [3.63, 3.8) is 0 Å². The fourth-order valence-corrected chi connectivity index (χ4v) is 2.84. The number of aromatic carboxylic acids is 1. The third-order valence-electron chi connectivity index (χ3n) is 3.87. The number of thiocarbonyl (C=S) groups is 1. The molecule has 0 atom stereocenters. The number of benzene rings is 1. The normalized spacial score (nSPS) is 14.0. The molecule has 26 heavy (non-hydrogen) atoms. The first-order chi connectivity index (χ1) is 12.5. The van der Waals surface area contributed by atoms with Crippen LogP contribution in [-0.4, -0.2) is 53.0 Å². The minimum Gasteiger partial charge on any atom is -0.478 e. The molecule has 1 N–H and O–H groups in total. The molecule has 8 heteroatoms. The zero-order valence-electron chi connectivity index (χ0n) is 14.0. The lowest BCUT2D eigenvalue weighted by Crippen LogP contribution is -2.35. The summed E-state index contributed by atoms with van der Waals surface area (Å²) >= 11 is 5.12. The third kappa shape index (κ3) is 3.71. The van der Waals surface area contributed by atoms with Crippen molar-refractivity contribution in [2.75, 3.05) is 20.3 Å². The van der Waals surface area contributed by atoms with Gasteiger partial charge < -0.3 is 14.3 Å². The maximum Gasteiger partial charge on any atom is 0.335 e. The third-order valence-corrected chi connectivity index (χ3v) is 4.18. The van der Waals surface area contributed by atoms with Crippen molar-refractivity contribution in [3.05, 3.63) is 47.7 Å². The molecule has 0 aliphatic carbocycles. The molecule has 0 saturated carbocycles. The van der Waals surface area contributed by atoms with Gasteiger partial charge in [0.1, 0.15) is 17.2 Å². The van der Waals surface area contributed by atoms with Crippen molar-refractivity contribution in [3.8, 4) is 11.3 Å². The van der Waals surface area contributed by atoms with E-state index in [1.54, 1.807) is 31.4 Å². The summed E-state index contributed by atoms with van der Waals surface area (Å²) in [5.74, 6) is -0.191. The molecule has 134 valence electrons. The van der Waals surface area contributed by atoms with E-state index in [-0.39, 0.29) is 23.0 Å². The number of nitrogens with zero attached hydrogens (tertiary/aromatic N) is 2. The molecule has 3 rings (SSSR count). The number of methoxy groups -OCH3 is 1. The molecule has 2 heterocycles. The van der Waals surface area contributed by atoms with Crippen LogP contribution >= 0.6 is 12.2 Å². The second-order valence-corrected chi connectivity index (χ2v) is 5.98. The van der Waals surface area contributed by atoms with Crippen LogP contribution in [-0.2, 0) is 16.0 Å². The van der Waals surface area contributed by atoms with Gasteiger partial charge in [0.25, 0.3) is 5.91 Å². The second-order valence-electron chi connectivity index (χ2n) is 5.62. The number of hydrogen-bond acceptors (Lipinski definition) is 5. The lowest BCUT2D eigenvalue weighted by atomic mass is 10.1. The smallest absolute Gasteiger partial charge is 0.335 e. The number of carbonyl (C=O) groups excluding carboxylic acids is 1. The van der Waals surface area contributed by atoms with E-state index in [4.69, 9.17) is 26.5 Å². The van der Waals surface area contributed by atoms with Crippen LogP contribution in [0.4, 0.5) is 0 Å². The first kappa shape index (κ1) is 18.0. The Morgan fingerprint density at radius 3 is 2.88 bits per heavy atom. The van der Waals surface area contributed by atoms with Crippen LogP contribution in [0.3, 0.4) is 0 Å². The van der Waals surface area contributed by atoms with E-state index in [0.717, 1.165) is 0 Å².